The molecule has 0 bridgehead atoms. The number of anilines is 1. The van der Waals surface area contributed by atoms with Crippen molar-refractivity contribution in [2.24, 2.45) is 0 Å². The molecule has 1 aromatic carbocycles. The van der Waals surface area contributed by atoms with Crippen molar-refractivity contribution in [3.8, 4) is 11.8 Å². The van der Waals surface area contributed by atoms with Gasteiger partial charge in [-0.2, -0.15) is 9.94 Å². The van der Waals surface area contributed by atoms with E-state index in [4.69, 9.17) is 11.0 Å². The van der Waals surface area contributed by atoms with Crippen LogP contribution in [-0.4, -0.2) is 19.9 Å². The summed E-state index contributed by atoms with van der Waals surface area (Å²) in [6.45, 7) is 0. The van der Waals surface area contributed by atoms with E-state index in [1.54, 1.807) is 6.07 Å². The van der Waals surface area contributed by atoms with E-state index >= 15 is 0 Å². The van der Waals surface area contributed by atoms with Gasteiger partial charge in [0.25, 0.3) is 5.69 Å². The summed E-state index contributed by atoms with van der Waals surface area (Å²) in [6, 6.07) is 7.38. The molecule has 1 heterocycles. The molecule has 0 amide bonds. The molecule has 0 unspecified atom stereocenters. The maximum atomic E-state index is 10.5. The molecule has 8 heteroatoms. The summed E-state index contributed by atoms with van der Waals surface area (Å²) in [5, 5.41) is 26.4. The zero-order chi connectivity index (χ0) is 12.4. The van der Waals surface area contributed by atoms with Gasteiger partial charge < -0.3 is 5.73 Å². The van der Waals surface area contributed by atoms with Gasteiger partial charge in [-0.25, -0.2) is 0 Å². The van der Waals surface area contributed by atoms with Crippen molar-refractivity contribution in [3.05, 3.63) is 40.1 Å². The molecule has 2 aromatic rings. The van der Waals surface area contributed by atoms with E-state index in [-0.39, 0.29) is 17.2 Å². The molecule has 1 aromatic heterocycles. The van der Waals surface area contributed by atoms with Gasteiger partial charge in [0.15, 0.2) is 5.82 Å². The fourth-order valence-electron chi connectivity index (χ4n) is 1.28. The minimum absolute atomic E-state index is 0.0170. The summed E-state index contributed by atoms with van der Waals surface area (Å²) in [6.07, 6.45) is 0. The highest BCUT2D eigenvalue weighted by Crippen LogP contribution is 2.17. The van der Waals surface area contributed by atoms with Gasteiger partial charge in [0.2, 0.25) is 5.69 Å². The van der Waals surface area contributed by atoms with Crippen molar-refractivity contribution < 1.29 is 4.92 Å². The third-order valence-corrected chi connectivity index (χ3v) is 2.12. The predicted molar refractivity (Wildman–Crippen MR) is 57.1 cm³/mol. The van der Waals surface area contributed by atoms with E-state index in [9.17, 15) is 10.1 Å². The van der Waals surface area contributed by atoms with Crippen LogP contribution in [0.3, 0.4) is 0 Å². The van der Waals surface area contributed by atoms with E-state index in [1.165, 1.54) is 28.9 Å². The molecular formula is C9H6N6O2. The van der Waals surface area contributed by atoms with Gasteiger partial charge in [-0.1, -0.05) is 5.21 Å². The van der Waals surface area contributed by atoms with Gasteiger partial charge in [-0.05, 0) is 12.1 Å². The first kappa shape index (κ1) is 10.6. The van der Waals surface area contributed by atoms with Crippen LogP contribution >= 0.6 is 0 Å². The van der Waals surface area contributed by atoms with E-state index in [1.807, 2.05) is 0 Å². The van der Waals surface area contributed by atoms with Crippen LogP contribution in [0.2, 0.25) is 0 Å². The number of nitrogens with zero attached hydrogens (tertiary/aromatic N) is 5. The Morgan fingerprint density at radius 3 is 2.53 bits per heavy atom. The molecule has 0 saturated heterocycles. The highest BCUT2D eigenvalue weighted by atomic mass is 16.6. The minimum Gasteiger partial charge on any atom is -0.381 e. The first-order chi connectivity index (χ1) is 8.13. The predicted octanol–water partition coefficient (Wildman–Crippen LogP) is 0.629. The first-order valence-electron chi connectivity index (χ1n) is 4.49. The fourth-order valence-corrected chi connectivity index (χ4v) is 1.28. The van der Waals surface area contributed by atoms with Gasteiger partial charge in [-0.15, -0.1) is 5.10 Å². The standard InChI is InChI=1S/C9H6N6O2/c10-5-8-9(11)14(13-12-8)6-1-3-7(4-2-6)15(16)17/h1-4H,11H2. The lowest BCUT2D eigenvalue weighted by Gasteiger charge is -2.01. The monoisotopic (exact) mass is 230 g/mol. The number of rotatable bonds is 2. The van der Waals surface area contributed by atoms with Gasteiger partial charge in [0.1, 0.15) is 6.07 Å². The Morgan fingerprint density at radius 1 is 1.41 bits per heavy atom. The van der Waals surface area contributed by atoms with Crippen molar-refractivity contribution in [2.75, 3.05) is 5.73 Å². The summed E-state index contributed by atoms with van der Waals surface area (Å²) in [5.74, 6) is 0.0985. The number of aromatic nitrogens is 3. The molecule has 2 N–H and O–H groups in total. The topological polar surface area (TPSA) is 124 Å². The third-order valence-electron chi connectivity index (χ3n) is 2.12. The van der Waals surface area contributed by atoms with E-state index < -0.39 is 4.92 Å². The average Bonchev–Trinajstić information content (AvgIpc) is 2.70. The Labute approximate surface area is 95.0 Å². The van der Waals surface area contributed by atoms with Crippen LogP contribution in [0.25, 0.3) is 5.69 Å². The van der Waals surface area contributed by atoms with Crippen molar-refractivity contribution >= 4 is 11.5 Å². The molecule has 17 heavy (non-hydrogen) atoms. The Hall–Kier alpha value is -2.95. The number of nitrogen functional groups attached to an aromatic ring is 1. The number of nitrogens with two attached hydrogens (primary N) is 1. The number of hydrogen-bond donors (Lipinski definition) is 1. The molecule has 0 fully saturated rings. The Balaban J connectivity index is 2.44. The number of non-ortho nitro benzene ring substituents is 1. The van der Waals surface area contributed by atoms with Gasteiger partial charge >= 0.3 is 0 Å². The molecule has 2 rings (SSSR count). The van der Waals surface area contributed by atoms with Gasteiger partial charge in [-0.3, -0.25) is 10.1 Å². The summed E-state index contributed by atoms with van der Waals surface area (Å²) in [7, 11) is 0. The van der Waals surface area contributed by atoms with Crippen molar-refractivity contribution in [3.63, 3.8) is 0 Å². The normalized spacial score (nSPS) is 9.82. The number of nitro benzene ring substituents is 1. The SMILES string of the molecule is N#Cc1nnn(-c2ccc([N+](=O)[O-])cc2)c1N. The second kappa shape index (κ2) is 3.90. The van der Waals surface area contributed by atoms with Gasteiger partial charge in [0.05, 0.1) is 10.6 Å². The quantitative estimate of drug-likeness (QED) is 0.595. The molecule has 0 aliphatic heterocycles. The van der Waals surface area contributed by atoms with Crippen LogP contribution in [0, 0.1) is 21.4 Å². The molecule has 0 saturated carbocycles. The highest BCUT2D eigenvalue weighted by molar-refractivity contribution is 5.50. The van der Waals surface area contributed by atoms with E-state index in [0.717, 1.165) is 0 Å². The van der Waals surface area contributed by atoms with Crippen molar-refractivity contribution in [2.45, 2.75) is 0 Å². The molecule has 0 spiro atoms. The number of nitro groups is 1. The summed E-state index contributed by atoms with van der Waals surface area (Å²) in [4.78, 5) is 9.96. The number of hydrogen-bond acceptors (Lipinski definition) is 6. The van der Waals surface area contributed by atoms with Crippen LogP contribution < -0.4 is 5.73 Å². The fraction of sp³-hybridized carbons (Fsp3) is 0. The second-order valence-electron chi connectivity index (χ2n) is 3.12. The maximum absolute atomic E-state index is 10.5. The third kappa shape index (κ3) is 1.76. The maximum Gasteiger partial charge on any atom is 0.269 e. The molecule has 8 nitrogen and oxygen atoms in total. The zero-order valence-corrected chi connectivity index (χ0v) is 8.44. The van der Waals surface area contributed by atoms with Crippen molar-refractivity contribution in [1.29, 1.82) is 5.26 Å². The van der Waals surface area contributed by atoms with Crippen LogP contribution in [0.1, 0.15) is 5.69 Å². The van der Waals surface area contributed by atoms with E-state index in [2.05, 4.69) is 10.3 Å². The summed E-state index contributed by atoms with van der Waals surface area (Å²) >= 11 is 0. The number of benzene rings is 1. The average molecular weight is 230 g/mol. The van der Waals surface area contributed by atoms with Crippen LogP contribution in [0.15, 0.2) is 24.3 Å². The molecule has 0 aliphatic rings. The number of nitriles is 1. The summed E-state index contributed by atoms with van der Waals surface area (Å²) in [5.41, 5.74) is 6.11. The lowest BCUT2D eigenvalue weighted by atomic mass is 10.3. The largest absolute Gasteiger partial charge is 0.381 e. The molecule has 0 radical (unpaired) electrons. The lowest BCUT2D eigenvalue weighted by molar-refractivity contribution is -0.384. The van der Waals surface area contributed by atoms with E-state index in [0.29, 0.717) is 5.69 Å². The molecule has 84 valence electrons. The molecule has 0 atom stereocenters. The summed E-state index contributed by atoms with van der Waals surface area (Å²) < 4.78 is 1.24. The van der Waals surface area contributed by atoms with Crippen molar-refractivity contribution in [1.82, 2.24) is 15.0 Å². The van der Waals surface area contributed by atoms with Gasteiger partial charge in [0, 0.05) is 12.1 Å². The first-order valence-corrected chi connectivity index (χ1v) is 4.49. The minimum atomic E-state index is -0.505. The Morgan fingerprint density at radius 2 is 2.06 bits per heavy atom. The van der Waals surface area contributed by atoms with Crippen LogP contribution in [-0.2, 0) is 0 Å². The molecule has 0 aliphatic carbocycles. The molecular weight excluding hydrogens is 224 g/mol. The zero-order valence-electron chi connectivity index (χ0n) is 8.44. The lowest BCUT2D eigenvalue weighted by Crippen LogP contribution is -2.02. The Bertz CT molecular complexity index is 609. The van der Waals surface area contributed by atoms with Crippen LogP contribution in [0.5, 0.6) is 0 Å². The second-order valence-corrected chi connectivity index (χ2v) is 3.12. The Kier molecular flexibility index (Phi) is 2.42. The smallest absolute Gasteiger partial charge is 0.269 e. The highest BCUT2D eigenvalue weighted by Gasteiger charge is 2.11. The van der Waals surface area contributed by atoms with Crippen LogP contribution in [0.4, 0.5) is 11.5 Å².